The zero-order valence-electron chi connectivity index (χ0n) is 14.9. The highest BCUT2D eigenvalue weighted by atomic mass is 16.6. The SMILES string of the molecule is CN1CCC(N2C(=O)C(c3ccccc3)Oc3ccc([N+](=O)[O-])nc32)CC1. The molecule has 0 N–H and O–H groups in total. The van der Waals surface area contributed by atoms with E-state index in [1.165, 1.54) is 12.1 Å². The third-order valence-corrected chi connectivity index (χ3v) is 5.10. The molecule has 1 fully saturated rings. The van der Waals surface area contributed by atoms with Crippen molar-refractivity contribution in [1.29, 1.82) is 0 Å². The molecule has 1 aromatic heterocycles. The lowest BCUT2D eigenvalue weighted by Gasteiger charge is -2.39. The predicted octanol–water partition coefficient (Wildman–Crippen LogP) is 2.55. The van der Waals surface area contributed by atoms with Gasteiger partial charge in [-0.3, -0.25) is 9.69 Å². The van der Waals surface area contributed by atoms with Gasteiger partial charge in [-0.1, -0.05) is 30.3 Å². The van der Waals surface area contributed by atoms with E-state index >= 15 is 0 Å². The highest BCUT2D eigenvalue weighted by molar-refractivity contribution is 6.00. The summed E-state index contributed by atoms with van der Waals surface area (Å²) in [7, 11) is 2.04. The standard InChI is InChI=1S/C19H20N4O4/c1-21-11-9-14(10-12-21)22-18-15(7-8-16(20-18)23(25)26)27-17(19(22)24)13-5-3-2-4-6-13/h2-8,14,17H,9-12H2,1H3. The second-order valence-electron chi connectivity index (χ2n) is 6.90. The summed E-state index contributed by atoms with van der Waals surface area (Å²) in [6.45, 7) is 1.71. The van der Waals surface area contributed by atoms with Crippen LogP contribution in [0, 0.1) is 10.1 Å². The summed E-state index contributed by atoms with van der Waals surface area (Å²) < 4.78 is 5.92. The van der Waals surface area contributed by atoms with Gasteiger partial charge < -0.3 is 19.8 Å². The average Bonchev–Trinajstić information content (AvgIpc) is 2.69. The van der Waals surface area contributed by atoms with Gasteiger partial charge in [-0.2, -0.15) is 0 Å². The average molecular weight is 368 g/mol. The summed E-state index contributed by atoms with van der Waals surface area (Å²) in [6, 6.07) is 12.1. The molecule has 4 rings (SSSR count). The number of benzene rings is 1. The first kappa shape index (κ1) is 17.4. The summed E-state index contributed by atoms with van der Waals surface area (Å²) >= 11 is 0. The molecule has 8 nitrogen and oxygen atoms in total. The molecular formula is C19H20N4O4. The molecule has 2 aromatic rings. The van der Waals surface area contributed by atoms with Crippen LogP contribution >= 0.6 is 0 Å². The summed E-state index contributed by atoms with van der Waals surface area (Å²) in [6.07, 6.45) is 0.794. The number of nitrogens with zero attached hydrogens (tertiary/aromatic N) is 4. The molecule has 3 heterocycles. The molecule has 1 atom stereocenters. The van der Waals surface area contributed by atoms with Gasteiger partial charge in [0.05, 0.1) is 0 Å². The van der Waals surface area contributed by atoms with Gasteiger partial charge >= 0.3 is 5.82 Å². The zero-order chi connectivity index (χ0) is 19.0. The number of amides is 1. The third kappa shape index (κ3) is 3.23. The van der Waals surface area contributed by atoms with Crippen molar-refractivity contribution in [3.8, 4) is 5.75 Å². The van der Waals surface area contributed by atoms with E-state index in [1.54, 1.807) is 4.90 Å². The lowest BCUT2D eigenvalue weighted by atomic mass is 9.99. The molecule has 1 amide bonds. The molecule has 8 heteroatoms. The topological polar surface area (TPSA) is 88.8 Å². The number of carbonyl (C=O) groups is 1. The quantitative estimate of drug-likeness (QED) is 0.611. The highest BCUT2D eigenvalue weighted by Crippen LogP contribution is 2.41. The second kappa shape index (κ2) is 6.96. The molecule has 27 heavy (non-hydrogen) atoms. The Hall–Kier alpha value is -3.00. The third-order valence-electron chi connectivity index (χ3n) is 5.10. The van der Waals surface area contributed by atoms with Crippen LogP contribution in [0.5, 0.6) is 5.75 Å². The van der Waals surface area contributed by atoms with Gasteiger partial charge in [-0.25, -0.2) is 0 Å². The minimum Gasteiger partial charge on any atom is -0.469 e. The monoisotopic (exact) mass is 368 g/mol. The summed E-state index contributed by atoms with van der Waals surface area (Å²) in [5.74, 6) is 0.126. The number of hydrogen-bond acceptors (Lipinski definition) is 6. The zero-order valence-corrected chi connectivity index (χ0v) is 14.9. The van der Waals surface area contributed by atoms with Crippen LogP contribution < -0.4 is 9.64 Å². The van der Waals surface area contributed by atoms with Crippen molar-refractivity contribution in [3.05, 3.63) is 58.1 Å². The van der Waals surface area contributed by atoms with E-state index in [-0.39, 0.29) is 23.6 Å². The van der Waals surface area contributed by atoms with Crippen LogP contribution in [0.3, 0.4) is 0 Å². The van der Waals surface area contributed by atoms with E-state index in [9.17, 15) is 14.9 Å². The number of anilines is 1. The van der Waals surface area contributed by atoms with E-state index in [2.05, 4.69) is 9.88 Å². The molecule has 2 aliphatic heterocycles. The Labute approximate surface area is 156 Å². The minimum absolute atomic E-state index is 0.0583. The van der Waals surface area contributed by atoms with Crippen LogP contribution in [0.25, 0.3) is 0 Å². The molecule has 0 spiro atoms. The van der Waals surface area contributed by atoms with Crippen molar-refractivity contribution in [2.45, 2.75) is 25.0 Å². The van der Waals surface area contributed by atoms with Crippen molar-refractivity contribution >= 4 is 17.5 Å². The Kier molecular flexibility index (Phi) is 4.49. The van der Waals surface area contributed by atoms with Gasteiger partial charge in [0, 0.05) is 17.7 Å². The Morgan fingerprint density at radius 2 is 1.85 bits per heavy atom. The van der Waals surface area contributed by atoms with Crippen LogP contribution in [0.15, 0.2) is 42.5 Å². The molecule has 0 bridgehead atoms. The molecule has 140 valence electrons. The maximum Gasteiger partial charge on any atom is 0.366 e. The number of rotatable bonds is 3. The summed E-state index contributed by atoms with van der Waals surface area (Å²) in [5.41, 5.74) is 0.754. The number of ether oxygens (including phenoxy) is 1. The number of pyridine rings is 1. The number of hydrogen-bond donors (Lipinski definition) is 0. The molecule has 0 radical (unpaired) electrons. The number of carbonyl (C=O) groups excluding carboxylic acids is 1. The molecule has 0 aliphatic carbocycles. The fourth-order valence-corrected chi connectivity index (χ4v) is 3.64. The first-order chi connectivity index (χ1) is 13.0. The Balaban J connectivity index is 1.77. The van der Waals surface area contributed by atoms with Crippen molar-refractivity contribution in [1.82, 2.24) is 9.88 Å². The van der Waals surface area contributed by atoms with E-state index in [1.807, 2.05) is 37.4 Å². The molecule has 1 unspecified atom stereocenters. The number of nitro groups is 1. The molecular weight excluding hydrogens is 348 g/mol. The Morgan fingerprint density at radius 3 is 2.52 bits per heavy atom. The van der Waals surface area contributed by atoms with E-state index in [0.717, 1.165) is 31.5 Å². The minimum atomic E-state index is -0.776. The van der Waals surface area contributed by atoms with Crippen LogP contribution in [0.4, 0.5) is 11.6 Å². The second-order valence-corrected chi connectivity index (χ2v) is 6.90. The normalized spacial score (nSPS) is 20.9. The first-order valence-electron chi connectivity index (χ1n) is 8.93. The fourth-order valence-electron chi connectivity index (χ4n) is 3.64. The fraction of sp³-hybridized carbons (Fsp3) is 0.368. The molecule has 1 aromatic carbocycles. The van der Waals surface area contributed by atoms with Crippen LogP contribution in [0.1, 0.15) is 24.5 Å². The van der Waals surface area contributed by atoms with Crippen molar-refractivity contribution in [2.75, 3.05) is 25.0 Å². The van der Waals surface area contributed by atoms with Crippen LogP contribution in [-0.4, -0.2) is 46.9 Å². The van der Waals surface area contributed by atoms with E-state index in [4.69, 9.17) is 4.74 Å². The van der Waals surface area contributed by atoms with Gasteiger partial charge in [-0.15, -0.1) is 0 Å². The van der Waals surface area contributed by atoms with Gasteiger partial charge in [0.2, 0.25) is 6.10 Å². The number of piperidine rings is 1. The largest absolute Gasteiger partial charge is 0.469 e. The highest BCUT2D eigenvalue weighted by Gasteiger charge is 2.43. The lowest BCUT2D eigenvalue weighted by molar-refractivity contribution is -0.389. The van der Waals surface area contributed by atoms with E-state index in [0.29, 0.717) is 5.75 Å². The maximum atomic E-state index is 13.3. The number of aromatic nitrogens is 1. The smallest absolute Gasteiger partial charge is 0.366 e. The molecule has 2 aliphatic rings. The maximum absolute atomic E-state index is 13.3. The lowest BCUT2D eigenvalue weighted by Crippen LogP contribution is -2.51. The summed E-state index contributed by atoms with van der Waals surface area (Å²) in [4.78, 5) is 31.9. The van der Waals surface area contributed by atoms with Gasteiger partial charge in [-0.05, 0) is 49.0 Å². The number of fused-ring (bicyclic) bond motifs is 1. The van der Waals surface area contributed by atoms with Crippen LogP contribution in [0.2, 0.25) is 0 Å². The summed E-state index contributed by atoms with van der Waals surface area (Å²) in [5, 5.41) is 11.2. The van der Waals surface area contributed by atoms with Crippen molar-refractivity contribution < 1.29 is 14.5 Å². The van der Waals surface area contributed by atoms with Gasteiger partial charge in [0.15, 0.2) is 5.75 Å². The van der Waals surface area contributed by atoms with Gasteiger partial charge in [0.1, 0.15) is 0 Å². The Morgan fingerprint density at radius 1 is 1.15 bits per heavy atom. The van der Waals surface area contributed by atoms with Gasteiger partial charge in [0.25, 0.3) is 11.7 Å². The number of likely N-dealkylation sites (tertiary alicyclic amines) is 1. The van der Waals surface area contributed by atoms with Crippen molar-refractivity contribution in [3.63, 3.8) is 0 Å². The van der Waals surface area contributed by atoms with E-state index < -0.39 is 11.0 Å². The predicted molar refractivity (Wildman–Crippen MR) is 98.7 cm³/mol. The van der Waals surface area contributed by atoms with Crippen LogP contribution in [-0.2, 0) is 4.79 Å². The van der Waals surface area contributed by atoms with Crippen molar-refractivity contribution in [2.24, 2.45) is 0 Å². The molecule has 0 saturated carbocycles. The first-order valence-corrected chi connectivity index (χ1v) is 8.93. The molecule has 1 saturated heterocycles. The Bertz CT molecular complexity index is 865.